The molecule has 0 aliphatic rings. The summed E-state index contributed by atoms with van der Waals surface area (Å²) in [6, 6.07) is 16.1. The molecule has 0 saturated carbocycles. The second-order valence-electron chi connectivity index (χ2n) is 6.00. The number of hydrogen-bond acceptors (Lipinski definition) is 3. The van der Waals surface area contributed by atoms with Crippen LogP contribution < -0.4 is 10.6 Å². The zero-order valence-electron chi connectivity index (χ0n) is 15.5. The summed E-state index contributed by atoms with van der Waals surface area (Å²) in [5, 5.41) is 6.63. The summed E-state index contributed by atoms with van der Waals surface area (Å²) in [4.78, 5) is 8.87. The first kappa shape index (κ1) is 22.4. The molecule has 1 atom stereocenters. The van der Waals surface area contributed by atoms with Crippen LogP contribution in [-0.2, 0) is 17.9 Å². The molecule has 0 radical (unpaired) electrons. The Labute approximate surface area is 173 Å². The lowest BCUT2D eigenvalue weighted by Crippen LogP contribution is -2.40. The minimum absolute atomic E-state index is 0. The predicted octanol–water partition coefficient (Wildman–Crippen LogP) is 3.61. The number of benzene rings is 1. The molecule has 6 heteroatoms. The highest BCUT2D eigenvalue weighted by Gasteiger charge is 2.05. The summed E-state index contributed by atoms with van der Waals surface area (Å²) in [6.07, 6.45) is 1.79. The molecule has 142 valence electrons. The smallest absolute Gasteiger partial charge is 0.191 e. The van der Waals surface area contributed by atoms with E-state index in [1.54, 1.807) is 6.20 Å². The minimum Gasteiger partial charge on any atom is -0.376 e. The van der Waals surface area contributed by atoms with Crippen molar-refractivity contribution in [2.24, 2.45) is 10.9 Å². The van der Waals surface area contributed by atoms with E-state index in [1.165, 1.54) is 5.56 Å². The van der Waals surface area contributed by atoms with Crippen molar-refractivity contribution in [3.63, 3.8) is 0 Å². The van der Waals surface area contributed by atoms with Gasteiger partial charge in [0.25, 0.3) is 0 Å². The highest BCUT2D eigenvalue weighted by Crippen LogP contribution is 2.03. The number of hydrogen-bond donors (Lipinski definition) is 2. The van der Waals surface area contributed by atoms with Gasteiger partial charge in [0.2, 0.25) is 0 Å². The van der Waals surface area contributed by atoms with Crippen molar-refractivity contribution >= 4 is 29.9 Å². The second-order valence-corrected chi connectivity index (χ2v) is 6.00. The van der Waals surface area contributed by atoms with E-state index in [9.17, 15) is 0 Å². The molecule has 5 nitrogen and oxygen atoms in total. The Morgan fingerprint density at radius 3 is 2.58 bits per heavy atom. The third-order valence-corrected chi connectivity index (χ3v) is 3.60. The lowest BCUT2D eigenvalue weighted by molar-refractivity contribution is 0.0931. The van der Waals surface area contributed by atoms with Crippen LogP contribution in [0, 0.1) is 5.92 Å². The van der Waals surface area contributed by atoms with Crippen LogP contribution in [0.5, 0.6) is 0 Å². The van der Waals surface area contributed by atoms with Crippen molar-refractivity contribution in [2.75, 3.05) is 19.7 Å². The van der Waals surface area contributed by atoms with E-state index in [0.29, 0.717) is 25.7 Å². The standard InChI is InChI=1S/C20H28N4O.HI/c1-3-21-20(24-14-19-11-7-8-12-22-19)23-13-17(2)15-25-16-18-9-5-4-6-10-18;/h4-12,17H,3,13-16H2,1-2H3,(H2,21,23,24);1H. The van der Waals surface area contributed by atoms with Crippen molar-refractivity contribution in [1.82, 2.24) is 15.6 Å². The Balaban J connectivity index is 0.00000338. The summed E-state index contributed by atoms with van der Waals surface area (Å²) in [5.74, 6) is 1.20. The van der Waals surface area contributed by atoms with Gasteiger partial charge in [-0.1, -0.05) is 43.3 Å². The maximum Gasteiger partial charge on any atom is 0.191 e. The Hall–Kier alpha value is -1.67. The molecule has 1 aromatic heterocycles. The van der Waals surface area contributed by atoms with Crippen LogP contribution >= 0.6 is 24.0 Å². The fraction of sp³-hybridized carbons (Fsp3) is 0.400. The molecule has 0 aliphatic heterocycles. The molecule has 1 heterocycles. The third-order valence-electron chi connectivity index (χ3n) is 3.60. The van der Waals surface area contributed by atoms with Gasteiger partial charge in [0.15, 0.2) is 5.96 Å². The summed E-state index contributed by atoms with van der Waals surface area (Å²) in [5.41, 5.74) is 2.16. The zero-order chi connectivity index (χ0) is 17.7. The molecular formula is C20H29IN4O. The van der Waals surface area contributed by atoms with Crippen molar-refractivity contribution < 1.29 is 4.74 Å². The van der Waals surface area contributed by atoms with Gasteiger partial charge in [-0.05, 0) is 30.5 Å². The molecule has 2 aromatic rings. The number of guanidine groups is 1. The van der Waals surface area contributed by atoms with E-state index in [-0.39, 0.29) is 24.0 Å². The quantitative estimate of drug-likeness (QED) is 0.336. The zero-order valence-corrected chi connectivity index (χ0v) is 17.9. The largest absolute Gasteiger partial charge is 0.376 e. The topological polar surface area (TPSA) is 58.5 Å². The van der Waals surface area contributed by atoms with Crippen LogP contribution in [0.4, 0.5) is 0 Å². The summed E-state index contributed by atoms with van der Waals surface area (Å²) >= 11 is 0. The Bertz CT molecular complexity index is 622. The van der Waals surface area contributed by atoms with Gasteiger partial charge in [0.05, 0.1) is 25.5 Å². The van der Waals surface area contributed by atoms with Crippen LogP contribution in [0.3, 0.4) is 0 Å². The molecule has 0 bridgehead atoms. The minimum atomic E-state index is 0. The van der Waals surface area contributed by atoms with Gasteiger partial charge in [-0.2, -0.15) is 0 Å². The summed E-state index contributed by atoms with van der Waals surface area (Å²) in [7, 11) is 0. The molecule has 2 N–H and O–H groups in total. The SMILES string of the molecule is CCNC(=NCc1ccccn1)NCC(C)COCc1ccccc1.I. The average Bonchev–Trinajstić information content (AvgIpc) is 2.66. The molecule has 1 aromatic carbocycles. The number of nitrogens with one attached hydrogen (secondary N) is 2. The summed E-state index contributed by atoms with van der Waals surface area (Å²) < 4.78 is 5.79. The van der Waals surface area contributed by atoms with Crippen molar-refractivity contribution in [2.45, 2.75) is 27.0 Å². The second kappa shape index (κ2) is 13.5. The molecule has 0 aliphatic carbocycles. The molecular weight excluding hydrogens is 439 g/mol. The molecule has 0 amide bonds. The number of halogens is 1. The van der Waals surface area contributed by atoms with E-state index in [4.69, 9.17) is 4.74 Å². The number of pyridine rings is 1. The lowest BCUT2D eigenvalue weighted by Gasteiger charge is -2.16. The number of ether oxygens (including phenoxy) is 1. The van der Waals surface area contributed by atoms with Gasteiger partial charge < -0.3 is 15.4 Å². The molecule has 0 fully saturated rings. The van der Waals surface area contributed by atoms with Gasteiger partial charge in [-0.3, -0.25) is 4.98 Å². The molecule has 0 saturated heterocycles. The number of aliphatic imine (C=N–C) groups is 1. The lowest BCUT2D eigenvalue weighted by atomic mass is 10.2. The van der Waals surface area contributed by atoms with Crippen molar-refractivity contribution in [1.29, 1.82) is 0 Å². The van der Waals surface area contributed by atoms with Crippen LogP contribution in [0.1, 0.15) is 25.1 Å². The van der Waals surface area contributed by atoms with E-state index >= 15 is 0 Å². The van der Waals surface area contributed by atoms with E-state index in [0.717, 1.165) is 24.7 Å². The first-order chi connectivity index (χ1) is 12.3. The molecule has 0 spiro atoms. The number of rotatable bonds is 9. The highest BCUT2D eigenvalue weighted by molar-refractivity contribution is 14.0. The van der Waals surface area contributed by atoms with Gasteiger partial charge in [-0.25, -0.2) is 4.99 Å². The fourth-order valence-electron chi connectivity index (χ4n) is 2.28. The van der Waals surface area contributed by atoms with Crippen LogP contribution in [0.15, 0.2) is 59.7 Å². The van der Waals surface area contributed by atoms with E-state index in [1.807, 2.05) is 36.4 Å². The third kappa shape index (κ3) is 9.15. The maximum atomic E-state index is 5.79. The predicted molar refractivity (Wildman–Crippen MR) is 118 cm³/mol. The Kier molecular flexibility index (Phi) is 11.6. The monoisotopic (exact) mass is 468 g/mol. The molecule has 2 rings (SSSR count). The fourth-order valence-corrected chi connectivity index (χ4v) is 2.28. The molecule has 26 heavy (non-hydrogen) atoms. The number of aromatic nitrogens is 1. The van der Waals surface area contributed by atoms with Gasteiger partial charge in [0.1, 0.15) is 0 Å². The Morgan fingerprint density at radius 1 is 1.12 bits per heavy atom. The van der Waals surface area contributed by atoms with Crippen LogP contribution in [0.2, 0.25) is 0 Å². The number of nitrogens with zero attached hydrogens (tertiary/aromatic N) is 2. The van der Waals surface area contributed by atoms with Crippen LogP contribution in [0.25, 0.3) is 0 Å². The summed E-state index contributed by atoms with van der Waals surface area (Å²) in [6.45, 7) is 7.79. The van der Waals surface area contributed by atoms with Crippen molar-refractivity contribution in [3.05, 3.63) is 66.0 Å². The maximum absolute atomic E-state index is 5.79. The van der Waals surface area contributed by atoms with Gasteiger partial charge in [0, 0.05) is 19.3 Å². The highest BCUT2D eigenvalue weighted by atomic mass is 127. The van der Waals surface area contributed by atoms with Crippen LogP contribution in [-0.4, -0.2) is 30.6 Å². The van der Waals surface area contributed by atoms with Crippen molar-refractivity contribution in [3.8, 4) is 0 Å². The first-order valence-electron chi connectivity index (χ1n) is 8.81. The van der Waals surface area contributed by atoms with E-state index in [2.05, 4.69) is 46.6 Å². The average molecular weight is 468 g/mol. The first-order valence-corrected chi connectivity index (χ1v) is 8.81. The van der Waals surface area contributed by atoms with Gasteiger partial charge >= 0.3 is 0 Å². The van der Waals surface area contributed by atoms with E-state index < -0.39 is 0 Å². The molecule has 1 unspecified atom stereocenters. The van der Waals surface area contributed by atoms with Gasteiger partial charge in [-0.15, -0.1) is 24.0 Å². The Morgan fingerprint density at radius 2 is 1.88 bits per heavy atom. The normalized spacial score (nSPS) is 12.2.